The summed E-state index contributed by atoms with van der Waals surface area (Å²) in [6.07, 6.45) is 7.86. The van der Waals surface area contributed by atoms with Gasteiger partial charge >= 0.3 is 0 Å². The molecule has 8 heteroatoms. The van der Waals surface area contributed by atoms with Crippen molar-refractivity contribution in [3.05, 3.63) is 52.5 Å². The van der Waals surface area contributed by atoms with E-state index in [9.17, 15) is 9.59 Å². The van der Waals surface area contributed by atoms with Gasteiger partial charge in [-0.15, -0.1) is 10.2 Å². The molecule has 0 N–H and O–H groups in total. The number of carbonyl (C=O) groups is 1. The molecular formula is C21H24N6O2. The summed E-state index contributed by atoms with van der Waals surface area (Å²) in [5.41, 5.74) is -0.233. The Labute approximate surface area is 168 Å². The van der Waals surface area contributed by atoms with E-state index in [1.54, 1.807) is 12.3 Å². The second-order valence-corrected chi connectivity index (χ2v) is 7.88. The number of hydrogen-bond acceptors (Lipinski definition) is 5. The molecule has 2 aromatic heterocycles. The van der Waals surface area contributed by atoms with Gasteiger partial charge in [-0.1, -0.05) is 24.6 Å². The fourth-order valence-corrected chi connectivity index (χ4v) is 4.55. The van der Waals surface area contributed by atoms with E-state index in [1.165, 1.54) is 11.1 Å². The molecule has 2 aliphatic rings. The number of rotatable bonds is 3. The monoisotopic (exact) mass is 392 g/mol. The van der Waals surface area contributed by atoms with Crippen LogP contribution in [-0.2, 0) is 24.3 Å². The first-order chi connectivity index (χ1) is 14.2. The topological polar surface area (TPSA) is 85.9 Å². The fourth-order valence-electron chi connectivity index (χ4n) is 4.55. The van der Waals surface area contributed by atoms with Crippen LogP contribution in [0.4, 0.5) is 0 Å². The molecule has 3 aromatic rings. The quantitative estimate of drug-likeness (QED) is 0.681. The number of nitrogens with zero attached hydrogens (tertiary/aromatic N) is 6. The lowest BCUT2D eigenvalue weighted by atomic mass is 10.2. The van der Waals surface area contributed by atoms with E-state index in [0.717, 1.165) is 55.7 Å². The average Bonchev–Trinajstić information content (AvgIpc) is 3.31. The third-order valence-electron chi connectivity index (χ3n) is 6.06. The molecule has 1 atom stereocenters. The minimum Gasteiger partial charge on any atom is -0.331 e. The highest BCUT2D eigenvalue weighted by molar-refractivity contribution is 5.81. The van der Waals surface area contributed by atoms with Crippen molar-refractivity contribution in [2.24, 2.45) is 0 Å². The van der Waals surface area contributed by atoms with Crippen molar-refractivity contribution in [2.75, 3.05) is 6.54 Å². The summed E-state index contributed by atoms with van der Waals surface area (Å²) in [5.74, 6) is 1.83. The van der Waals surface area contributed by atoms with Crippen LogP contribution in [-0.4, -0.2) is 41.9 Å². The van der Waals surface area contributed by atoms with Crippen LogP contribution in [0.2, 0.25) is 0 Å². The number of carbonyl (C=O) groups excluding carboxylic acids is 1. The van der Waals surface area contributed by atoms with Gasteiger partial charge in [0, 0.05) is 24.9 Å². The molecule has 1 saturated heterocycles. The van der Waals surface area contributed by atoms with Gasteiger partial charge in [-0.3, -0.25) is 9.59 Å². The highest BCUT2D eigenvalue weighted by atomic mass is 16.2. The second-order valence-electron chi connectivity index (χ2n) is 7.88. The molecule has 0 bridgehead atoms. The summed E-state index contributed by atoms with van der Waals surface area (Å²) in [6, 6.07) is 7.24. The highest BCUT2D eigenvalue weighted by Crippen LogP contribution is 2.32. The largest absolute Gasteiger partial charge is 0.331 e. The molecule has 8 nitrogen and oxygen atoms in total. The number of aryl methyl sites for hydroxylation is 1. The lowest BCUT2D eigenvalue weighted by molar-refractivity contribution is -0.133. The number of fused-ring (bicyclic) bond motifs is 2. The number of amides is 1. The van der Waals surface area contributed by atoms with Gasteiger partial charge in [-0.25, -0.2) is 4.68 Å². The highest BCUT2D eigenvalue weighted by Gasteiger charge is 2.34. The lowest BCUT2D eigenvalue weighted by Gasteiger charge is -2.25. The minimum absolute atomic E-state index is 0.0544. The van der Waals surface area contributed by atoms with E-state index in [4.69, 9.17) is 0 Å². The molecular weight excluding hydrogens is 368 g/mol. The van der Waals surface area contributed by atoms with Crippen molar-refractivity contribution in [3.63, 3.8) is 0 Å². The molecule has 0 radical (unpaired) electrons. The lowest BCUT2D eigenvalue weighted by Crippen LogP contribution is -2.37. The van der Waals surface area contributed by atoms with E-state index in [-0.39, 0.29) is 24.1 Å². The fraction of sp³-hybridized carbons (Fsp3) is 0.476. The zero-order chi connectivity index (χ0) is 19.8. The van der Waals surface area contributed by atoms with Crippen molar-refractivity contribution in [1.29, 1.82) is 0 Å². The van der Waals surface area contributed by atoms with Gasteiger partial charge < -0.3 is 9.47 Å². The van der Waals surface area contributed by atoms with Gasteiger partial charge in [0.1, 0.15) is 12.4 Å². The van der Waals surface area contributed by atoms with Crippen molar-refractivity contribution < 1.29 is 4.79 Å². The number of likely N-dealkylation sites (tertiary alicyclic amines) is 1. The van der Waals surface area contributed by atoms with E-state index < -0.39 is 0 Å². The van der Waals surface area contributed by atoms with Crippen molar-refractivity contribution in [2.45, 2.75) is 57.7 Å². The Hall–Kier alpha value is -3.03. The summed E-state index contributed by atoms with van der Waals surface area (Å²) >= 11 is 0. The van der Waals surface area contributed by atoms with E-state index in [0.29, 0.717) is 11.9 Å². The van der Waals surface area contributed by atoms with Crippen molar-refractivity contribution in [3.8, 4) is 0 Å². The first kappa shape index (κ1) is 18.0. The Morgan fingerprint density at radius 3 is 2.90 bits per heavy atom. The Morgan fingerprint density at radius 2 is 1.97 bits per heavy atom. The maximum absolute atomic E-state index is 13.1. The molecule has 150 valence electrons. The maximum Gasteiger partial charge on any atom is 0.275 e. The predicted octanol–water partition coefficient (Wildman–Crippen LogP) is 2.08. The number of benzene rings is 1. The molecule has 2 aliphatic heterocycles. The Morgan fingerprint density at radius 1 is 1.07 bits per heavy atom. The summed E-state index contributed by atoms with van der Waals surface area (Å²) in [4.78, 5) is 27.7. The summed E-state index contributed by atoms with van der Waals surface area (Å²) in [5, 5.41) is 14.4. The van der Waals surface area contributed by atoms with Crippen molar-refractivity contribution in [1.82, 2.24) is 29.4 Å². The number of hydrogen-bond donors (Lipinski definition) is 0. The van der Waals surface area contributed by atoms with Gasteiger partial charge in [0.15, 0.2) is 5.82 Å². The maximum atomic E-state index is 13.1. The van der Waals surface area contributed by atoms with Gasteiger partial charge in [0.2, 0.25) is 5.91 Å². The summed E-state index contributed by atoms with van der Waals surface area (Å²) in [7, 11) is 0. The Bertz CT molecular complexity index is 1120. The number of aromatic nitrogens is 5. The normalized spacial score (nSPS) is 19.3. The van der Waals surface area contributed by atoms with Gasteiger partial charge in [0.05, 0.1) is 17.6 Å². The average molecular weight is 392 g/mol. The predicted molar refractivity (Wildman–Crippen MR) is 107 cm³/mol. The van der Waals surface area contributed by atoms with E-state index in [2.05, 4.69) is 19.9 Å². The van der Waals surface area contributed by atoms with Crippen LogP contribution >= 0.6 is 0 Å². The molecule has 29 heavy (non-hydrogen) atoms. The minimum atomic E-state index is -0.233. The molecule has 0 spiro atoms. The standard InChI is InChI=1S/C21H24N6O2/c28-19(14-27-21(29)16-8-4-3-7-15(16)13-22-27)25-12-6-9-17(25)20-24-23-18-10-2-1-5-11-26(18)20/h3-4,7-8,13,17H,1-2,5-6,9-12,14H2/t17-/m1/s1. The van der Waals surface area contributed by atoms with Crippen LogP contribution in [0.5, 0.6) is 0 Å². The van der Waals surface area contributed by atoms with E-state index in [1.807, 2.05) is 23.1 Å². The van der Waals surface area contributed by atoms with Crippen LogP contribution in [0.15, 0.2) is 35.3 Å². The first-order valence-corrected chi connectivity index (χ1v) is 10.4. The summed E-state index contributed by atoms with van der Waals surface area (Å²) < 4.78 is 3.48. The zero-order valence-electron chi connectivity index (χ0n) is 16.3. The van der Waals surface area contributed by atoms with Crippen LogP contribution in [0.25, 0.3) is 10.8 Å². The molecule has 5 rings (SSSR count). The second kappa shape index (κ2) is 7.42. The Kier molecular flexibility index (Phi) is 4.61. The van der Waals surface area contributed by atoms with E-state index >= 15 is 0 Å². The molecule has 1 fully saturated rings. The smallest absolute Gasteiger partial charge is 0.275 e. The van der Waals surface area contributed by atoms with Crippen LogP contribution in [0, 0.1) is 0 Å². The molecule has 1 amide bonds. The molecule has 0 saturated carbocycles. The van der Waals surface area contributed by atoms with Crippen LogP contribution in [0.3, 0.4) is 0 Å². The van der Waals surface area contributed by atoms with Gasteiger partial charge in [-0.05, 0) is 31.7 Å². The Balaban J connectivity index is 1.41. The SMILES string of the molecule is O=C(Cn1ncc2ccccc2c1=O)N1CCC[C@@H]1c1nnc2n1CCCCC2. The zero-order valence-corrected chi connectivity index (χ0v) is 16.3. The molecule has 1 aromatic carbocycles. The third-order valence-corrected chi connectivity index (χ3v) is 6.06. The molecule has 0 aliphatic carbocycles. The molecule has 4 heterocycles. The van der Waals surface area contributed by atoms with Crippen LogP contribution in [0.1, 0.15) is 49.8 Å². The van der Waals surface area contributed by atoms with Gasteiger partial charge in [0.25, 0.3) is 5.56 Å². The van der Waals surface area contributed by atoms with Crippen molar-refractivity contribution >= 4 is 16.7 Å². The first-order valence-electron chi connectivity index (χ1n) is 10.4. The van der Waals surface area contributed by atoms with Crippen LogP contribution < -0.4 is 5.56 Å². The summed E-state index contributed by atoms with van der Waals surface area (Å²) in [6.45, 7) is 1.54. The van der Waals surface area contributed by atoms with Gasteiger partial charge in [-0.2, -0.15) is 5.10 Å². The molecule has 0 unspecified atom stereocenters. The third kappa shape index (κ3) is 3.22.